The summed E-state index contributed by atoms with van der Waals surface area (Å²) in [5.74, 6) is -2.12. The third-order valence-electron chi connectivity index (χ3n) is 3.73. The fourth-order valence-corrected chi connectivity index (χ4v) is 2.60. The normalized spacial score (nSPS) is 22.8. The Hall–Kier alpha value is -1.26. The second kappa shape index (κ2) is 6.02. The van der Waals surface area contributed by atoms with Crippen molar-refractivity contribution in [1.29, 1.82) is 0 Å². The Labute approximate surface area is 127 Å². The number of nitrogens with one attached hydrogen (secondary N) is 1. The Morgan fingerprint density at radius 3 is 2.40 bits per heavy atom. The average molecular weight is 316 g/mol. The van der Waals surface area contributed by atoms with Gasteiger partial charge in [-0.3, -0.25) is 9.59 Å². The number of hydrogen-bond donors (Lipinski definition) is 2. The summed E-state index contributed by atoms with van der Waals surface area (Å²) in [6, 6.07) is 4.91. The molecule has 1 saturated carbocycles. The summed E-state index contributed by atoms with van der Waals surface area (Å²) in [5, 5.41) is 12.7. The molecule has 0 aromatic heterocycles. The van der Waals surface area contributed by atoms with Crippen molar-refractivity contribution in [1.82, 2.24) is 5.32 Å². The van der Waals surface area contributed by atoms with Crippen LogP contribution in [0.1, 0.15) is 31.4 Å². The molecule has 1 fully saturated rings. The second-order valence-corrected chi connectivity index (χ2v) is 5.85. The van der Waals surface area contributed by atoms with E-state index in [1.165, 1.54) is 0 Å². The van der Waals surface area contributed by atoms with Crippen molar-refractivity contribution < 1.29 is 14.7 Å². The standard InChI is InChI=1S/C14H15Cl2NO3/c1-7(8-2-5-11(15)12(16)6-8)17-13(18)9-3-4-10(9)14(19)20/h2,5-7,9-10H,3-4H2,1H3,(H,17,18)(H,19,20). The monoisotopic (exact) mass is 315 g/mol. The van der Waals surface area contributed by atoms with Crippen molar-refractivity contribution in [2.75, 3.05) is 0 Å². The zero-order chi connectivity index (χ0) is 14.9. The van der Waals surface area contributed by atoms with Gasteiger partial charge in [0, 0.05) is 0 Å². The third-order valence-corrected chi connectivity index (χ3v) is 4.47. The molecule has 1 amide bonds. The van der Waals surface area contributed by atoms with Crippen LogP contribution >= 0.6 is 23.2 Å². The average Bonchev–Trinajstić information content (AvgIpc) is 2.30. The summed E-state index contributed by atoms with van der Waals surface area (Å²) in [4.78, 5) is 23.0. The SMILES string of the molecule is CC(NC(=O)C1CCC1C(=O)O)c1ccc(Cl)c(Cl)c1. The van der Waals surface area contributed by atoms with Crippen LogP contribution in [0.2, 0.25) is 10.0 Å². The maximum Gasteiger partial charge on any atom is 0.307 e. The molecule has 0 spiro atoms. The van der Waals surface area contributed by atoms with Gasteiger partial charge in [0.2, 0.25) is 5.91 Å². The van der Waals surface area contributed by atoms with E-state index in [4.69, 9.17) is 28.3 Å². The van der Waals surface area contributed by atoms with Crippen LogP contribution in [0, 0.1) is 11.8 Å². The topological polar surface area (TPSA) is 66.4 Å². The quantitative estimate of drug-likeness (QED) is 0.896. The molecule has 2 rings (SSSR count). The van der Waals surface area contributed by atoms with Gasteiger partial charge in [0.05, 0.1) is 27.9 Å². The molecule has 0 radical (unpaired) electrons. The Morgan fingerprint density at radius 2 is 1.90 bits per heavy atom. The molecule has 0 bridgehead atoms. The predicted octanol–water partition coefficient (Wildman–Crippen LogP) is 3.28. The lowest BCUT2D eigenvalue weighted by atomic mass is 9.73. The minimum atomic E-state index is -0.904. The minimum Gasteiger partial charge on any atom is -0.481 e. The van der Waals surface area contributed by atoms with Gasteiger partial charge in [-0.25, -0.2) is 0 Å². The summed E-state index contributed by atoms with van der Waals surface area (Å²) in [7, 11) is 0. The van der Waals surface area contributed by atoms with Gasteiger partial charge in [0.1, 0.15) is 0 Å². The number of aliphatic carboxylic acids is 1. The Bertz CT molecular complexity index is 547. The van der Waals surface area contributed by atoms with Crippen LogP contribution in [-0.4, -0.2) is 17.0 Å². The van der Waals surface area contributed by atoms with Crippen LogP contribution in [-0.2, 0) is 9.59 Å². The van der Waals surface area contributed by atoms with Gasteiger partial charge >= 0.3 is 5.97 Å². The molecule has 1 aromatic rings. The fraction of sp³-hybridized carbons (Fsp3) is 0.429. The molecule has 1 aliphatic carbocycles. The molecular weight excluding hydrogens is 301 g/mol. The number of halogens is 2. The van der Waals surface area contributed by atoms with E-state index in [1.807, 2.05) is 6.92 Å². The molecular formula is C14H15Cl2NO3. The molecule has 4 nitrogen and oxygen atoms in total. The van der Waals surface area contributed by atoms with Crippen LogP contribution in [0.5, 0.6) is 0 Å². The number of rotatable bonds is 4. The van der Waals surface area contributed by atoms with E-state index in [0.29, 0.717) is 22.9 Å². The number of carbonyl (C=O) groups is 2. The molecule has 0 aliphatic heterocycles. The van der Waals surface area contributed by atoms with Gasteiger partial charge in [0.15, 0.2) is 0 Å². The Balaban J connectivity index is 2.00. The number of amides is 1. The first-order valence-electron chi connectivity index (χ1n) is 6.38. The first-order valence-corrected chi connectivity index (χ1v) is 7.14. The minimum absolute atomic E-state index is 0.220. The zero-order valence-electron chi connectivity index (χ0n) is 10.9. The number of hydrogen-bond acceptors (Lipinski definition) is 2. The lowest BCUT2D eigenvalue weighted by Gasteiger charge is -2.33. The molecule has 108 valence electrons. The highest BCUT2D eigenvalue weighted by Gasteiger charge is 2.41. The Kier molecular flexibility index (Phi) is 4.55. The number of carbonyl (C=O) groups excluding carboxylic acids is 1. The fourth-order valence-electron chi connectivity index (χ4n) is 2.29. The highest BCUT2D eigenvalue weighted by molar-refractivity contribution is 6.42. The summed E-state index contributed by atoms with van der Waals surface area (Å²) < 4.78 is 0. The lowest BCUT2D eigenvalue weighted by Crippen LogP contribution is -2.44. The lowest BCUT2D eigenvalue weighted by molar-refractivity contribution is -0.152. The number of carboxylic acids is 1. The van der Waals surface area contributed by atoms with Crippen molar-refractivity contribution in [2.24, 2.45) is 11.8 Å². The first kappa shape index (κ1) is 15.1. The highest BCUT2D eigenvalue weighted by atomic mass is 35.5. The van der Waals surface area contributed by atoms with Crippen LogP contribution < -0.4 is 5.32 Å². The van der Waals surface area contributed by atoms with Crippen molar-refractivity contribution in [2.45, 2.75) is 25.8 Å². The summed E-state index contributed by atoms with van der Waals surface area (Å²) in [6.07, 6.45) is 1.19. The van der Waals surface area contributed by atoms with Gasteiger partial charge in [-0.15, -0.1) is 0 Å². The highest BCUT2D eigenvalue weighted by Crippen LogP contribution is 2.35. The summed E-state index contributed by atoms with van der Waals surface area (Å²) in [5.41, 5.74) is 0.832. The van der Waals surface area contributed by atoms with Crippen molar-refractivity contribution >= 4 is 35.1 Å². The second-order valence-electron chi connectivity index (χ2n) is 5.03. The van der Waals surface area contributed by atoms with Crippen LogP contribution in [0.4, 0.5) is 0 Å². The molecule has 1 aromatic carbocycles. The van der Waals surface area contributed by atoms with Gasteiger partial charge in [0.25, 0.3) is 0 Å². The van der Waals surface area contributed by atoms with Crippen LogP contribution in [0.25, 0.3) is 0 Å². The maximum absolute atomic E-state index is 12.0. The smallest absolute Gasteiger partial charge is 0.307 e. The first-order chi connectivity index (χ1) is 9.40. The van der Waals surface area contributed by atoms with Crippen molar-refractivity contribution in [3.05, 3.63) is 33.8 Å². The van der Waals surface area contributed by atoms with Gasteiger partial charge in [-0.05, 0) is 37.5 Å². The van der Waals surface area contributed by atoms with Crippen molar-refractivity contribution in [3.8, 4) is 0 Å². The number of carboxylic acid groups (broad SMARTS) is 1. The third kappa shape index (κ3) is 3.07. The van der Waals surface area contributed by atoms with Gasteiger partial charge in [-0.1, -0.05) is 29.3 Å². The molecule has 0 heterocycles. The molecule has 0 saturated heterocycles. The van der Waals surface area contributed by atoms with Crippen LogP contribution in [0.15, 0.2) is 18.2 Å². The zero-order valence-corrected chi connectivity index (χ0v) is 12.4. The summed E-state index contributed by atoms with van der Waals surface area (Å²) in [6.45, 7) is 1.83. The van der Waals surface area contributed by atoms with Crippen LogP contribution in [0.3, 0.4) is 0 Å². The van der Waals surface area contributed by atoms with Crippen molar-refractivity contribution in [3.63, 3.8) is 0 Å². The van der Waals surface area contributed by atoms with E-state index >= 15 is 0 Å². The number of benzene rings is 1. The largest absolute Gasteiger partial charge is 0.481 e. The molecule has 6 heteroatoms. The van der Waals surface area contributed by atoms with Gasteiger partial charge < -0.3 is 10.4 Å². The maximum atomic E-state index is 12.0. The van der Waals surface area contributed by atoms with E-state index in [-0.39, 0.29) is 11.9 Å². The van der Waals surface area contributed by atoms with Gasteiger partial charge in [-0.2, -0.15) is 0 Å². The predicted molar refractivity (Wildman–Crippen MR) is 76.9 cm³/mol. The Morgan fingerprint density at radius 1 is 1.25 bits per heavy atom. The molecule has 20 heavy (non-hydrogen) atoms. The molecule has 2 N–H and O–H groups in total. The van der Waals surface area contributed by atoms with E-state index < -0.39 is 17.8 Å². The van der Waals surface area contributed by atoms with E-state index in [0.717, 1.165) is 5.56 Å². The van der Waals surface area contributed by atoms with E-state index in [1.54, 1.807) is 18.2 Å². The van der Waals surface area contributed by atoms with E-state index in [9.17, 15) is 9.59 Å². The van der Waals surface area contributed by atoms with E-state index in [2.05, 4.69) is 5.32 Å². The molecule has 3 unspecified atom stereocenters. The molecule has 3 atom stereocenters. The summed E-state index contributed by atoms with van der Waals surface area (Å²) >= 11 is 11.8. The molecule has 1 aliphatic rings.